The van der Waals surface area contributed by atoms with Crippen LogP contribution in [0.3, 0.4) is 0 Å². The van der Waals surface area contributed by atoms with Gasteiger partial charge in [-0.2, -0.15) is 0 Å². The first-order valence-electron chi connectivity index (χ1n) is 5.12. The zero-order valence-electron chi connectivity index (χ0n) is 8.80. The van der Waals surface area contributed by atoms with Crippen LogP contribution in [0.5, 0.6) is 0 Å². The number of allylic oxidation sites excluding steroid dienone is 2. The molecule has 0 radical (unpaired) electrons. The van der Waals surface area contributed by atoms with E-state index in [0.29, 0.717) is 6.61 Å². The molecule has 0 saturated carbocycles. The van der Waals surface area contributed by atoms with Crippen LogP contribution >= 0.6 is 15.9 Å². The molecule has 0 unspecified atom stereocenters. The first-order chi connectivity index (χ1) is 8.11. The van der Waals surface area contributed by atoms with Gasteiger partial charge in [0.05, 0.1) is 11.1 Å². The number of carbonyl (C=O) groups excluding carboxylic acids is 1. The van der Waals surface area contributed by atoms with Gasteiger partial charge in [-0.25, -0.2) is 8.78 Å². The molecule has 0 bridgehead atoms. The number of hydrogen-bond donors (Lipinski definition) is 0. The van der Waals surface area contributed by atoms with Gasteiger partial charge < -0.3 is 4.74 Å². The van der Waals surface area contributed by atoms with E-state index in [-0.39, 0.29) is 15.8 Å². The summed E-state index contributed by atoms with van der Waals surface area (Å²) in [4.78, 5) is 12.0. The van der Waals surface area contributed by atoms with Gasteiger partial charge in [0.15, 0.2) is 17.4 Å². The molecule has 17 heavy (non-hydrogen) atoms. The minimum absolute atomic E-state index is 0.0667. The first-order valence-corrected chi connectivity index (χ1v) is 5.91. The second kappa shape index (κ2) is 4.96. The lowest BCUT2D eigenvalue weighted by atomic mass is 10.1. The molecule has 0 fully saturated rings. The third-order valence-corrected chi connectivity index (χ3v) is 3.21. The van der Waals surface area contributed by atoms with E-state index in [2.05, 4.69) is 15.9 Å². The summed E-state index contributed by atoms with van der Waals surface area (Å²) < 4.78 is 31.2. The highest BCUT2D eigenvalue weighted by Gasteiger charge is 2.21. The van der Waals surface area contributed by atoms with Gasteiger partial charge in [0, 0.05) is 5.56 Å². The molecule has 90 valence electrons. The van der Waals surface area contributed by atoms with Crippen LogP contribution in [0, 0.1) is 11.6 Å². The highest BCUT2D eigenvalue weighted by Crippen LogP contribution is 2.26. The molecule has 5 heteroatoms. The van der Waals surface area contributed by atoms with Crippen molar-refractivity contribution in [3.8, 4) is 0 Å². The summed E-state index contributed by atoms with van der Waals surface area (Å²) in [5.41, 5.74) is 0.0667. The van der Waals surface area contributed by atoms with Crippen LogP contribution in [-0.2, 0) is 4.74 Å². The molecular formula is C12H9BrF2O2. The second-order valence-corrected chi connectivity index (χ2v) is 4.40. The second-order valence-electron chi connectivity index (χ2n) is 3.61. The van der Waals surface area contributed by atoms with Gasteiger partial charge >= 0.3 is 0 Å². The lowest BCUT2D eigenvalue weighted by Gasteiger charge is -2.14. The van der Waals surface area contributed by atoms with Gasteiger partial charge in [0.1, 0.15) is 0 Å². The summed E-state index contributed by atoms with van der Waals surface area (Å²) in [6.07, 6.45) is 3.28. The zero-order valence-corrected chi connectivity index (χ0v) is 10.4. The van der Waals surface area contributed by atoms with E-state index < -0.39 is 17.4 Å². The summed E-state index contributed by atoms with van der Waals surface area (Å²) in [7, 11) is 0. The van der Waals surface area contributed by atoms with Crippen molar-refractivity contribution in [1.29, 1.82) is 0 Å². The highest BCUT2D eigenvalue weighted by molar-refractivity contribution is 9.10. The van der Waals surface area contributed by atoms with Crippen LogP contribution < -0.4 is 0 Å². The maximum absolute atomic E-state index is 13.3. The van der Waals surface area contributed by atoms with E-state index >= 15 is 0 Å². The quantitative estimate of drug-likeness (QED) is 0.616. The van der Waals surface area contributed by atoms with Crippen LogP contribution in [0.4, 0.5) is 8.78 Å². The third kappa shape index (κ3) is 2.39. The largest absolute Gasteiger partial charge is 0.490 e. The van der Waals surface area contributed by atoms with Crippen molar-refractivity contribution in [1.82, 2.24) is 0 Å². The molecule has 0 amide bonds. The van der Waals surface area contributed by atoms with Crippen molar-refractivity contribution < 1.29 is 18.3 Å². The van der Waals surface area contributed by atoms with Gasteiger partial charge in [-0.1, -0.05) is 0 Å². The molecule has 0 aromatic heterocycles. The Morgan fingerprint density at radius 3 is 2.76 bits per heavy atom. The Morgan fingerprint density at radius 2 is 2.12 bits per heavy atom. The Balaban J connectivity index is 2.37. The zero-order chi connectivity index (χ0) is 12.4. The number of hydrogen-bond acceptors (Lipinski definition) is 2. The van der Waals surface area contributed by atoms with Crippen LogP contribution in [0.15, 0.2) is 28.4 Å². The van der Waals surface area contributed by atoms with Crippen molar-refractivity contribution in [2.24, 2.45) is 0 Å². The predicted molar refractivity (Wildman–Crippen MR) is 61.7 cm³/mol. The van der Waals surface area contributed by atoms with Crippen molar-refractivity contribution in [2.75, 3.05) is 6.61 Å². The summed E-state index contributed by atoms with van der Waals surface area (Å²) >= 11 is 2.88. The summed E-state index contributed by atoms with van der Waals surface area (Å²) in [6.45, 7) is 0.471. The molecule has 2 rings (SSSR count). The summed E-state index contributed by atoms with van der Waals surface area (Å²) in [6, 6.07) is 2.17. The molecule has 1 heterocycles. The van der Waals surface area contributed by atoms with E-state index in [0.717, 1.165) is 18.9 Å². The smallest absolute Gasteiger partial charge is 0.228 e. The van der Waals surface area contributed by atoms with Gasteiger partial charge in [-0.15, -0.1) is 0 Å². The highest BCUT2D eigenvalue weighted by atomic mass is 79.9. The molecule has 2 nitrogen and oxygen atoms in total. The van der Waals surface area contributed by atoms with E-state index in [1.807, 2.05) is 0 Å². The maximum atomic E-state index is 13.3. The molecule has 1 aromatic carbocycles. The van der Waals surface area contributed by atoms with E-state index in [4.69, 9.17) is 4.74 Å². The Labute approximate surface area is 105 Å². The number of rotatable bonds is 2. The predicted octanol–water partition coefficient (Wildman–Crippen LogP) is 3.60. The van der Waals surface area contributed by atoms with E-state index in [9.17, 15) is 13.6 Å². The third-order valence-electron chi connectivity index (χ3n) is 2.44. The first kappa shape index (κ1) is 12.2. The molecule has 1 aliphatic heterocycles. The van der Waals surface area contributed by atoms with Crippen LogP contribution in [0.2, 0.25) is 0 Å². The molecule has 0 saturated heterocycles. The number of Topliss-reactive ketones (excluding diaryl/α,β-unsaturated/α-hetero) is 1. The molecule has 0 atom stereocenters. The van der Waals surface area contributed by atoms with Crippen LogP contribution in [0.1, 0.15) is 23.2 Å². The minimum atomic E-state index is -1.06. The standard InChI is InChI=1S/C12H9BrF2O2/c13-10-7(4-5-8(14)11(10)15)12(16)9-3-1-2-6-17-9/h3-5H,1-2,6H2. The lowest BCUT2D eigenvalue weighted by molar-refractivity contribution is 0.0897. The van der Waals surface area contributed by atoms with Crippen LogP contribution in [-0.4, -0.2) is 12.4 Å². The van der Waals surface area contributed by atoms with E-state index in [1.54, 1.807) is 6.08 Å². The van der Waals surface area contributed by atoms with Crippen molar-refractivity contribution in [3.05, 3.63) is 45.6 Å². The maximum Gasteiger partial charge on any atom is 0.228 e. The van der Waals surface area contributed by atoms with Gasteiger partial charge in [-0.3, -0.25) is 4.79 Å². The molecular weight excluding hydrogens is 294 g/mol. The lowest BCUT2D eigenvalue weighted by Crippen LogP contribution is -2.12. The molecule has 0 spiro atoms. The number of halogens is 3. The Morgan fingerprint density at radius 1 is 1.35 bits per heavy atom. The molecule has 1 aliphatic rings. The topological polar surface area (TPSA) is 26.3 Å². The molecule has 1 aromatic rings. The Hall–Kier alpha value is -1.23. The Kier molecular flexibility index (Phi) is 3.57. The normalized spacial score (nSPS) is 15.1. The number of carbonyl (C=O) groups is 1. The molecule has 0 N–H and O–H groups in total. The van der Waals surface area contributed by atoms with Gasteiger partial charge in [0.2, 0.25) is 5.78 Å². The van der Waals surface area contributed by atoms with Gasteiger partial charge in [0.25, 0.3) is 0 Å². The van der Waals surface area contributed by atoms with Gasteiger partial charge in [-0.05, 0) is 47.0 Å². The monoisotopic (exact) mass is 302 g/mol. The average Bonchev–Trinajstić information content (AvgIpc) is 2.36. The average molecular weight is 303 g/mol. The van der Waals surface area contributed by atoms with Crippen molar-refractivity contribution in [3.63, 3.8) is 0 Å². The van der Waals surface area contributed by atoms with Crippen molar-refractivity contribution in [2.45, 2.75) is 12.8 Å². The Bertz CT molecular complexity index is 498. The number of ketones is 1. The van der Waals surface area contributed by atoms with Crippen LogP contribution in [0.25, 0.3) is 0 Å². The summed E-state index contributed by atoms with van der Waals surface area (Å²) in [5, 5.41) is 0. The summed E-state index contributed by atoms with van der Waals surface area (Å²) in [5.74, 6) is -2.29. The fourth-order valence-corrected chi connectivity index (χ4v) is 2.05. The molecule has 0 aliphatic carbocycles. The number of benzene rings is 1. The fourth-order valence-electron chi connectivity index (χ4n) is 1.55. The SMILES string of the molecule is O=C(C1=CCCCO1)c1ccc(F)c(F)c1Br. The fraction of sp³-hybridized carbons (Fsp3) is 0.250. The minimum Gasteiger partial charge on any atom is -0.490 e. The van der Waals surface area contributed by atoms with Crippen molar-refractivity contribution >= 4 is 21.7 Å². The van der Waals surface area contributed by atoms with E-state index in [1.165, 1.54) is 6.07 Å². The number of ether oxygens (including phenoxy) is 1.